The normalized spacial score (nSPS) is 18.8. The number of carbonyl (C=O) groups excluding carboxylic acids is 1. The summed E-state index contributed by atoms with van der Waals surface area (Å²) in [7, 11) is 1.40. The first kappa shape index (κ1) is 15.1. The number of rotatable bonds is 4. The minimum absolute atomic E-state index is 0.0201. The van der Waals surface area contributed by atoms with E-state index in [1.54, 1.807) is 6.08 Å². The number of methoxy groups -OCH3 is 1. The summed E-state index contributed by atoms with van der Waals surface area (Å²) in [6.45, 7) is 1.97. The zero-order valence-electron chi connectivity index (χ0n) is 12.0. The van der Waals surface area contributed by atoms with Crippen molar-refractivity contribution in [3.8, 4) is 0 Å². The van der Waals surface area contributed by atoms with Gasteiger partial charge >= 0.3 is 0 Å². The van der Waals surface area contributed by atoms with Crippen LogP contribution in [0, 0.1) is 6.92 Å². The van der Waals surface area contributed by atoms with Crippen LogP contribution in [-0.2, 0) is 9.53 Å². The molecule has 1 atom stereocenters. The fourth-order valence-corrected chi connectivity index (χ4v) is 2.22. The maximum absolute atomic E-state index is 12.2. The molecule has 21 heavy (non-hydrogen) atoms. The Bertz CT molecular complexity index is 638. The molecule has 0 bridgehead atoms. The molecule has 1 unspecified atom stereocenters. The molecule has 2 N–H and O–H groups in total. The van der Waals surface area contributed by atoms with Crippen LogP contribution in [0.25, 0.3) is 6.08 Å². The van der Waals surface area contributed by atoms with Crippen LogP contribution in [0.1, 0.15) is 17.5 Å². The van der Waals surface area contributed by atoms with Crippen molar-refractivity contribution in [2.75, 3.05) is 7.11 Å². The van der Waals surface area contributed by atoms with Crippen LogP contribution < -0.4 is 0 Å². The molecular weight excluding hydrogens is 268 g/mol. The molecule has 0 amide bonds. The Morgan fingerprint density at radius 2 is 2.19 bits per heavy atom. The minimum atomic E-state index is -0.836. The molecule has 1 aromatic carbocycles. The van der Waals surface area contributed by atoms with Crippen LogP contribution in [0.5, 0.6) is 0 Å². The number of aryl methyl sites for hydroxylation is 1. The molecule has 0 heterocycles. The number of benzene rings is 1. The fraction of sp³-hybridized carbons (Fsp3) is 0.235. The SMILES string of the molecule is COC1=CC(O)CC(O)=C1C(=O)/C=C/c1cccc(C)c1. The van der Waals surface area contributed by atoms with E-state index >= 15 is 0 Å². The van der Waals surface area contributed by atoms with Crippen molar-refractivity contribution in [3.63, 3.8) is 0 Å². The quantitative estimate of drug-likeness (QED) is 0.835. The molecule has 0 aliphatic heterocycles. The average molecular weight is 286 g/mol. The third kappa shape index (κ3) is 3.61. The number of ketones is 1. The summed E-state index contributed by atoms with van der Waals surface area (Å²) in [6, 6.07) is 7.73. The highest BCUT2D eigenvalue weighted by molar-refractivity contribution is 6.09. The molecule has 4 heteroatoms. The standard InChI is InChI=1S/C17H18O4/c1-11-4-3-5-12(8-11)6-7-14(19)17-15(20)9-13(18)10-16(17)21-2/h3-8,10,13,18,20H,9H2,1-2H3/b7-6+. The number of hydrogen-bond donors (Lipinski definition) is 2. The van der Waals surface area contributed by atoms with Crippen molar-refractivity contribution in [2.24, 2.45) is 0 Å². The van der Waals surface area contributed by atoms with E-state index in [4.69, 9.17) is 4.74 Å². The first-order chi connectivity index (χ1) is 10.0. The van der Waals surface area contributed by atoms with E-state index < -0.39 is 6.10 Å². The van der Waals surface area contributed by atoms with Gasteiger partial charge in [-0.05, 0) is 24.6 Å². The summed E-state index contributed by atoms with van der Waals surface area (Å²) in [4.78, 5) is 12.2. The van der Waals surface area contributed by atoms with Gasteiger partial charge in [0.2, 0.25) is 0 Å². The molecule has 0 radical (unpaired) electrons. The molecule has 0 saturated carbocycles. The predicted molar refractivity (Wildman–Crippen MR) is 80.6 cm³/mol. The Kier molecular flexibility index (Phi) is 4.60. The van der Waals surface area contributed by atoms with Crippen molar-refractivity contribution in [2.45, 2.75) is 19.4 Å². The molecule has 0 aromatic heterocycles. The molecule has 1 aliphatic carbocycles. The number of hydrogen-bond acceptors (Lipinski definition) is 4. The number of aliphatic hydroxyl groups excluding tert-OH is 2. The van der Waals surface area contributed by atoms with Gasteiger partial charge in [0, 0.05) is 6.42 Å². The van der Waals surface area contributed by atoms with Crippen LogP contribution in [0.3, 0.4) is 0 Å². The van der Waals surface area contributed by atoms with Crippen LogP contribution >= 0.6 is 0 Å². The fourth-order valence-electron chi connectivity index (χ4n) is 2.22. The number of aliphatic hydroxyl groups is 2. The molecule has 1 aliphatic rings. The molecule has 4 nitrogen and oxygen atoms in total. The second kappa shape index (κ2) is 6.41. The van der Waals surface area contributed by atoms with E-state index in [1.807, 2.05) is 31.2 Å². The number of ether oxygens (including phenoxy) is 1. The second-order valence-corrected chi connectivity index (χ2v) is 4.94. The van der Waals surface area contributed by atoms with E-state index in [0.29, 0.717) is 0 Å². The van der Waals surface area contributed by atoms with Gasteiger partial charge in [-0.3, -0.25) is 4.79 Å². The summed E-state index contributed by atoms with van der Waals surface area (Å²) in [5.41, 5.74) is 2.11. The summed E-state index contributed by atoms with van der Waals surface area (Å²) >= 11 is 0. The Morgan fingerprint density at radius 3 is 2.86 bits per heavy atom. The predicted octanol–water partition coefficient (Wildman–Crippen LogP) is 2.68. The lowest BCUT2D eigenvalue weighted by molar-refractivity contribution is -0.111. The summed E-state index contributed by atoms with van der Waals surface area (Å²) < 4.78 is 5.07. The van der Waals surface area contributed by atoms with Crippen molar-refractivity contribution < 1.29 is 19.7 Å². The lowest BCUT2D eigenvalue weighted by Crippen LogP contribution is -2.18. The van der Waals surface area contributed by atoms with Crippen LogP contribution in [-0.4, -0.2) is 29.2 Å². The third-order valence-electron chi connectivity index (χ3n) is 3.22. The highest BCUT2D eigenvalue weighted by Crippen LogP contribution is 2.25. The van der Waals surface area contributed by atoms with E-state index in [1.165, 1.54) is 19.3 Å². The first-order valence-electron chi connectivity index (χ1n) is 6.66. The molecule has 110 valence electrons. The van der Waals surface area contributed by atoms with Gasteiger partial charge in [0.15, 0.2) is 5.78 Å². The third-order valence-corrected chi connectivity index (χ3v) is 3.22. The molecular formula is C17H18O4. The van der Waals surface area contributed by atoms with Crippen molar-refractivity contribution in [1.82, 2.24) is 0 Å². The average Bonchev–Trinajstić information content (AvgIpc) is 2.44. The summed E-state index contributed by atoms with van der Waals surface area (Å²) in [6.07, 6.45) is 3.69. The lowest BCUT2D eigenvalue weighted by atomic mass is 9.97. The van der Waals surface area contributed by atoms with Crippen molar-refractivity contribution in [1.29, 1.82) is 0 Å². The second-order valence-electron chi connectivity index (χ2n) is 4.94. The van der Waals surface area contributed by atoms with Crippen LogP contribution in [0.4, 0.5) is 0 Å². The van der Waals surface area contributed by atoms with Gasteiger partial charge < -0.3 is 14.9 Å². The molecule has 1 aromatic rings. The van der Waals surface area contributed by atoms with Gasteiger partial charge in [-0.2, -0.15) is 0 Å². The highest BCUT2D eigenvalue weighted by Gasteiger charge is 2.25. The van der Waals surface area contributed by atoms with Gasteiger partial charge in [-0.15, -0.1) is 0 Å². The van der Waals surface area contributed by atoms with E-state index in [2.05, 4.69) is 0 Å². The Labute approximate surface area is 123 Å². The maximum Gasteiger partial charge on any atom is 0.192 e. The van der Waals surface area contributed by atoms with Gasteiger partial charge in [0.1, 0.15) is 17.1 Å². The number of carbonyl (C=O) groups is 1. The van der Waals surface area contributed by atoms with E-state index in [-0.39, 0.29) is 29.3 Å². The summed E-state index contributed by atoms with van der Waals surface area (Å²) in [5, 5.41) is 19.4. The largest absolute Gasteiger partial charge is 0.511 e. The Hall–Kier alpha value is -2.33. The van der Waals surface area contributed by atoms with E-state index in [9.17, 15) is 15.0 Å². The van der Waals surface area contributed by atoms with Crippen LogP contribution in [0.2, 0.25) is 0 Å². The van der Waals surface area contributed by atoms with Gasteiger partial charge in [0.05, 0.1) is 13.2 Å². The zero-order valence-corrected chi connectivity index (χ0v) is 12.0. The monoisotopic (exact) mass is 286 g/mol. The van der Waals surface area contributed by atoms with Crippen molar-refractivity contribution in [3.05, 3.63) is 64.6 Å². The minimum Gasteiger partial charge on any atom is -0.511 e. The lowest BCUT2D eigenvalue weighted by Gasteiger charge is -2.18. The molecule has 0 fully saturated rings. The smallest absolute Gasteiger partial charge is 0.192 e. The highest BCUT2D eigenvalue weighted by atomic mass is 16.5. The topological polar surface area (TPSA) is 66.8 Å². The molecule has 0 spiro atoms. The Morgan fingerprint density at radius 1 is 1.43 bits per heavy atom. The first-order valence-corrected chi connectivity index (χ1v) is 6.66. The number of allylic oxidation sites excluding steroid dienone is 2. The van der Waals surface area contributed by atoms with Gasteiger partial charge in [0.25, 0.3) is 0 Å². The molecule has 2 rings (SSSR count). The maximum atomic E-state index is 12.2. The van der Waals surface area contributed by atoms with Gasteiger partial charge in [-0.1, -0.05) is 35.9 Å². The Balaban J connectivity index is 2.23. The summed E-state index contributed by atoms with van der Waals surface area (Å²) in [5.74, 6) is -0.306. The van der Waals surface area contributed by atoms with Gasteiger partial charge in [-0.25, -0.2) is 0 Å². The van der Waals surface area contributed by atoms with E-state index in [0.717, 1.165) is 11.1 Å². The van der Waals surface area contributed by atoms with Crippen molar-refractivity contribution >= 4 is 11.9 Å². The molecule has 0 saturated heterocycles. The zero-order chi connectivity index (χ0) is 15.4. The van der Waals surface area contributed by atoms with Crippen LogP contribution in [0.15, 0.2) is 53.5 Å².